The van der Waals surface area contributed by atoms with Crippen molar-refractivity contribution >= 4 is 21.6 Å². The maximum atomic E-state index is 12.3. The first-order chi connectivity index (χ1) is 10.4. The van der Waals surface area contributed by atoms with Gasteiger partial charge in [0, 0.05) is 5.56 Å². The number of hydrogen-bond donors (Lipinski definition) is 2. The van der Waals surface area contributed by atoms with Gasteiger partial charge in [-0.2, -0.15) is 0 Å². The Morgan fingerprint density at radius 2 is 1.68 bits per heavy atom. The van der Waals surface area contributed by atoms with Crippen molar-refractivity contribution in [2.75, 3.05) is 11.8 Å². The highest BCUT2D eigenvalue weighted by Gasteiger charge is 2.16. The topological polar surface area (TPSA) is 84.5 Å². The number of para-hydroxylation sites is 1. The predicted octanol–water partition coefficient (Wildman–Crippen LogP) is 2.09. The van der Waals surface area contributed by atoms with E-state index in [-0.39, 0.29) is 4.90 Å². The molecule has 2 aromatic rings. The zero-order valence-corrected chi connectivity index (χ0v) is 13.0. The van der Waals surface area contributed by atoms with Crippen molar-refractivity contribution in [3.63, 3.8) is 0 Å². The van der Waals surface area contributed by atoms with Crippen molar-refractivity contribution in [1.82, 2.24) is 5.48 Å². The van der Waals surface area contributed by atoms with Crippen LogP contribution in [0.2, 0.25) is 0 Å². The van der Waals surface area contributed by atoms with Crippen molar-refractivity contribution in [1.29, 1.82) is 0 Å². The van der Waals surface area contributed by atoms with Gasteiger partial charge in [-0.1, -0.05) is 18.2 Å². The maximum Gasteiger partial charge on any atom is 0.274 e. The molecule has 0 atom stereocenters. The van der Waals surface area contributed by atoms with Gasteiger partial charge in [0.15, 0.2) is 0 Å². The number of aryl methyl sites for hydroxylation is 1. The number of anilines is 1. The van der Waals surface area contributed by atoms with Crippen molar-refractivity contribution in [2.45, 2.75) is 11.8 Å². The zero-order valence-electron chi connectivity index (χ0n) is 12.2. The number of carbonyl (C=O) groups excluding carboxylic acids is 1. The number of rotatable bonds is 5. The lowest BCUT2D eigenvalue weighted by Crippen LogP contribution is -2.22. The van der Waals surface area contributed by atoms with E-state index in [1.54, 1.807) is 12.1 Å². The summed E-state index contributed by atoms with van der Waals surface area (Å²) in [5.41, 5.74) is 3.80. The molecule has 2 aromatic carbocycles. The number of nitrogens with one attached hydrogen (secondary N) is 2. The Labute approximate surface area is 129 Å². The molecule has 2 rings (SSSR count). The number of hydrogen-bond acceptors (Lipinski definition) is 4. The molecule has 0 aromatic heterocycles. The summed E-state index contributed by atoms with van der Waals surface area (Å²) in [6, 6.07) is 12.7. The lowest BCUT2D eigenvalue weighted by atomic mass is 10.2. The summed E-state index contributed by atoms with van der Waals surface area (Å²) in [5.74, 6) is -0.446. The summed E-state index contributed by atoms with van der Waals surface area (Å²) in [6.07, 6.45) is 0. The molecule has 0 unspecified atom stereocenters. The van der Waals surface area contributed by atoms with Crippen LogP contribution in [-0.2, 0) is 14.9 Å². The molecule has 0 heterocycles. The Bertz CT molecular complexity index is 770. The molecule has 0 fully saturated rings. The molecular weight excluding hydrogens is 304 g/mol. The highest BCUT2D eigenvalue weighted by molar-refractivity contribution is 7.92. The Morgan fingerprint density at radius 3 is 2.27 bits per heavy atom. The van der Waals surface area contributed by atoms with E-state index in [4.69, 9.17) is 0 Å². The minimum atomic E-state index is -3.70. The van der Waals surface area contributed by atoms with Crippen LogP contribution in [0, 0.1) is 6.92 Å². The first kappa shape index (κ1) is 16.0. The van der Waals surface area contributed by atoms with E-state index in [0.717, 1.165) is 5.56 Å². The third-order valence-corrected chi connectivity index (χ3v) is 4.39. The lowest BCUT2D eigenvalue weighted by molar-refractivity contribution is 0.0537. The number of carbonyl (C=O) groups is 1. The standard InChI is InChI=1S/C15H16N2O4S/c1-11-5-3-4-6-14(11)17-22(19,20)13-9-7-12(8-10-13)15(18)16-21-2/h3-10,17H,1-2H3,(H,16,18). The maximum absolute atomic E-state index is 12.3. The number of benzene rings is 2. The van der Waals surface area contributed by atoms with Gasteiger partial charge in [-0.3, -0.25) is 14.4 Å². The fraction of sp³-hybridized carbons (Fsp3) is 0.133. The summed E-state index contributed by atoms with van der Waals surface area (Å²) in [4.78, 5) is 16.1. The first-order valence-electron chi connectivity index (χ1n) is 6.46. The average molecular weight is 320 g/mol. The molecule has 0 saturated heterocycles. The van der Waals surface area contributed by atoms with E-state index in [2.05, 4.69) is 15.0 Å². The second-order valence-corrected chi connectivity index (χ2v) is 6.26. The lowest BCUT2D eigenvalue weighted by Gasteiger charge is -2.10. The van der Waals surface area contributed by atoms with Gasteiger partial charge >= 0.3 is 0 Å². The Kier molecular flexibility index (Phi) is 4.79. The molecule has 22 heavy (non-hydrogen) atoms. The van der Waals surface area contributed by atoms with E-state index in [1.807, 2.05) is 19.1 Å². The predicted molar refractivity (Wildman–Crippen MR) is 82.9 cm³/mol. The molecule has 0 bridgehead atoms. The van der Waals surface area contributed by atoms with Gasteiger partial charge < -0.3 is 0 Å². The normalized spacial score (nSPS) is 11.0. The fourth-order valence-corrected chi connectivity index (χ4v) is 2.96. The van der Waals surface area contributed by atoms with Crippen LogP contribution < -0.4 is 10.2 Å². The molecule has 0 aliphatic rings. The van der Waals surface area contributed by atoms with Crippen LogP contribution >= 0.6 is 0 Å². The number of hydroxylamine groups is 1. The smallest absolute Gasteiger partial charge is 0.274 e. The second-order valence-electron chi connectivity index (χ2n) is 4.58. The number of sulfonamides is 1. The highest BCUT2D eigenvalue weighted by Crippen LogP contribution is 2.19. The molecule has 0 aliphatic carbocycles. The van der Waals surface area contributed by atoms with Gasteiger partial charge in [-0.15, -0.1) is 0 Å². The van der Waals surface area contributed by atoms with Crippen LogP contribution in [0.5, 0.6) is 0 Å². The summed E-state index contributed by atoms with van der Waals surface area (Å²) in [6.45, 7) is 1.82. The van der Waals surface area contributed by atoms with Crippen LogP contribution in [0.25, 0.3) is 0 Å². The third-order valence-electron chi connectivity index (χ3n) is 3.01. The van der Waals surface area contributed by atoms with E-state index >= 15 is 0 Å². The largest absolute Gasteiger partial charge is 0.279 e. The summed E-state index contributed by atoms with van der Waals surface area (Å²) >= 11 is 0. The monoisotopic (exact) mass is 320 g/mol. The molecule has 0 spiro atoms. The first-order valence-corrected chi connectivity index (χ1v) is 7.94. The second kappa shape index (κ2) is 6.59. The zero-order chi connectivity index (χ0) is 16.2. The van der Waals surface area contributed by atoms with E-state index in [9.17, 15) is 13.2 Å². The van der Waals surface area contributed by atoms with Crippen molar-refractivity contribution in [2.24, 2.45) is 0 Å². The van der Waals surface area contributed by atoms with Gasteiger partial charge in [0.1, 0.15) is 0 Å². The minimum Gasteiger partial charge on any atom is -0.279 e. The molecule has 7 heteroatoms. The van der Waals surface area contributed by atoms with E-state index in [1.165, 1.54) is 31.4 Å². The van der Waals surface area contributed by atoms with Crippen LogP contribution in [0.4, 0.5) is 5.69 Å². The van der Waals surface area contributed by atoms with Gasteiger partial charge in [0.25, 0.3) is 15.9 Å². The summed E-state index contributed by atoms with van der Waals surface area (Å²) in [7, 11) is -2.38. The third kappa shape index (κ3) is 3.63. The van der Waals surface area contributed by atoms with Gasteiger partial charge in [0.2, 0.25) is 0 Å². The van der Waals surface area contributed by atoms with Crippen molar-refractivity contribution in [3.8, 4) is 0 Å². The van der Waals surface area contributed by atoms with E-state index in [0.29, 0.717) is 11.3 Å². The fourth-order valence-electron chi connectivity index (χ4n) is 1.83. The summed E-state index contributed by atoms with van der Waals surface area (Å²) < 4.78 is 27.2. The molecule has 0 radical (unpaired) electrons. The summed E-state index contributed by atoms with van der Waals surface area (Å²) in [5, 5.41) is 0. The van der Waals surface area contributed by atoms with Crippen molar-refractivity contribution in [3.05, 3.63) is 59.7 Å². The molecule has 116 valence electrons. The van der Waals surface area contributed by atoms with Crippen LogP contribution in [0.1, 0.15) is 15.9 Å². The van der Waals surface area contributed by atoms with Gasteiger partial charge in [-0.05, 0) is 42.8 Å². The molecular formula is C15H16N2O4S. The Hall–Kier alpha value is -2.38. The Balaban J connectivity index is 2.23. The van der Waals surface area contributed by atoms with Crippen LogP contribution in [-0.4, -0.2) is 21.4 Å². The molecule has 6 nitrogen and oxygen atoms in total. The quantitative estimate of drug-likeness (QED) is 0.826. The van der Waals surface area contributed by atoms with Gasteiger partial charge in [-0.25, -0.2) is 13.9 Å². The van der Waals surface area contributed by atoms with Crippen molar-refractivity contribution < 1.29 is 18.0 Å². The minimum absolute atomic E-state index is 0.0738. The van der Waals surface area contributed by atoms with Crippen LogP contribution in [0.3, 0.4) is 0 Å². The molecule has 1 amide bonds. The molecule has 0 saturated carbocycles. The van der Waals surface area contributed by atoms with E-state index < -0.39 is 15.9 Å². The average Bonchev–Trinajstić information content (AvgIpc) is 2.50. The van der Waals surface area contributed by atoms with Gasteiger partial charge in [0.05, 0.1) is 17.7 Å². The Morgan fingerprint density at radius 1 is 1.05 bits per heavy atom. The van der Waals surface area contributed by atoms with Crippen LogP contribution in [0.15, 0.2) is 53.4 Å². The SMILES string of the molecule is CONC(=O)c1ccc(S(=O)(=O)Nc2ccccc2C)cc1. The molecule has 2 N–H and O–H groups in total. The number of amides is 1. The molecule has 0 aliphatic heterocycles. The highest BCUT2D eigenvalue weighted by atomic mass is 32.2.